The zero-order chi connectivity index (χ0) is 29.0. The van der Waals surface area contributed by atoms with Crippen LogP contribution in [0.3, 0.4) is 0 Å². The summed E-state index contributed by atoms with van der Waals surface area (Å²) < 4.78 is 5.79. The Kier molecular flexibility index (Phi) is 11.1. The second-order valence-corrected chi connectivity index (χ2v) is 12.4. The molecule has 3 aromatic carbocycles. The molecule has 1 saturated carbocycles. The fourth-order valence-electron chi connectivity index (χ4n) is 5.72. The average molecular weight is 583 g/mol. The molecule has 1 aliphatic carbocycles. The first-order valence-corrected chi connectivity index (χ1v) is 16.1. The van der Waals surface area contributed by atoms with Crippen LogP contribution >= 0.6 is 11.3 Å². The Morgan fingerprint density at radius 2 is 1.67 bits per heavy atom. The summed E-state index contributed by atoms with van der Waals surface area (Å²) in [5.41, 5.74) is 5.26. The molecule has 4 aromatic rings. The Labute approximate surface area is 254 Å². The molecular formula is C36H42N2O3S. The van der Waals surface area contributed by atoms with Crippen LogP contribution in [0.25, 0.3) is 10.4 Å². The monoisotopic (exact) mass is 582 g/mol. The lowest BCUT2D eigenvalue weighted by Crippen LogP contribution is -2.32. The number of hydrogen-bond donors (Lipinski definition) is 2. The van der Waals surface area contributed by atoms with Gasteiger partial charge in [-0.1, -0.05) is 73.9 Å². The van der Waals surface area contributed by atoms with E-state index in [1.165, 1.54) is 53.7 Å². The van der Waals surface area contributed by atoms with E-state index in [-0.39, 0.29) is 6.54 Å². The van der Waals surface area contributed by atoms with Gasteiger partial charge in [-0.25, -0.2) is 0 Å². The molecule has 1 aromatic heterocycles. The van der Waals surface area contributed by atoms with E-state index in [4.69, 9.17) is 4.74 Å². The van der Waals surface area contributed by atoms with Gasteiger partial charge in [0.2, 0.25) is 0 Å². The van der Waals surface area contributed by atoms with Gasteiger partial charge in [-0.15, -0.1) is 11.3 Å². The maximum Gasteiger partial charge on any atom is 0.317 e. The smallest absolute Gasteiger partial charge is 0.317 e. The Hall–Kier alpha value is -3.61. The number of carboxylic acid groups (broad SMARTS) is 1. The molecule has 0 amide bonds. The van der Waals surface area contributed by atoms with Crippen molar-refractivity contribution < 1.29 is 14.6 Å². The van der Waals surface area contributed by atoms with Crippen molar-refractivity contribution >= 4 is 23.0 Å². The van der Waals surface area contributed by atoms with Crippen molar-refractivity contribution in [2.75, 3.05) is 31.6 Å². The highest BCUT2D eigenvalue weighted by Crippen LogP contribution is 2.33. The molecule has 42 heavy (non-hydrogen) atoms. The highest BCUT2D eigenvalue weighted by atomic mass is 32.1. The van der Waals surface area contributed by atoms with Crippen molar-refractivity contribution in [1.82, 2.24) is 4.90 Å². The topological polar surface area (TPSA) is 61.8 Å². The van der Waals surface area contributed by atoms with Gasteiger partial charge in [0.25, 0.3) is 0 Å². The van der Waals surface area contributed by atoms with Gasteiger partial charge in [0.05, 0.1) is 6.54 Å². The van der Waals surface area contributed by atoms with E-state index in [9.17, 15) is 9.90 Å². The zero-order valence-electron chi connectivity index (χ0n) is 24.3. The van der Waals surface area contributed by atoms with Crippen LogP contribution in [0.15, 0.2) is 91.0 Å². The summed E-state index contributed by atoms with van der Waals surface area (Å²) in [6.45, 7) is 2.49. The highest BCUT2D eigenvalue weighted by molar-refractivity contribution is 7.15. The predicted octanol–water partition coefficient (Wildman–Crippen LogP) is 8.47. The van der Waals surface area contributed by atoms with Crippen molar-refractivity contribution in [2.24, 2.45) is 0 Å². The fraction of sp³-hybridized carbons (Fsp3) is 0.361. The van der Waals surface area contributed by atoms with Gasteiger partial charge in [0.1, 0.15) is 12.4 Å². The van der Waals surface area contributed by atoms with Gasteiger partial charge >= 0.3 is 5.97 Å². The van der Waals surface area contributed by atoms with E-state index in [1.54, 1.807) is 11.3 Å². The molecule has 0 saturated heterocycles. The summed E-state index contributed by atoms with van der Waals surface area (Å²) in [7, 11) is 0. The van der Waals surface area contributed by atoms with Crippen LogP contribution in [0.5, 0.6) is 5.75 Å². The summed E-state index contributed by atoms with van der Waals surface area (Å²) in [5.74, 6) is 0.737. The number of aliphatic carboxylic acids is 1. The van der Waals surface area contributed by atoms with Crippen molar-refractivity contribution in [3.05, 3.63) is 107 Å². The number of ether oxygens (including phenoxy) is 1. The molecule has 5 rings (SSSR count). The van der Waals surface area contributed by atoms with Crippen LogP contribution in [0.1, 0.15) is 60.4 Å². The van der Waals surface area contributed by atoms with Crippen LogP contribution in [0.4, 0.5) is 5.69 Å². The number of thiophene rings is 1. The molecule has 220 valence electrons. The van der Waals surface area contributed by atoms with Crippen LogP contribution in [-0.4, -0.2) is 42.2 Å². The number of rotatable bonds is 15. The Morgan fingerprint density at radius 1 is 0.905 bits per heavy atom. The number of para-hydroxylation sites is 1. The van der Waals surface area contributed by atoms with E-state index in [0.29, 0.717) is 19.7 Å². The van der Waals surface area contributed by atoms with E-state index in [1.807, 2.05) is 35.2 Å². The normalized spacial score (nSPS) is 13.7. The zero-order valence-corrected chi connectivity index (χ0v) is 25.2. The lowest BCUT2D eigenvalue weighted by Gasteiger charge is -2.22. The molecule has 1 heterocycles. The van der Waals surface area contributed by atoms with E-state index in [2.05, 4.69) is 66.0 Å². The molecular weight excluding hydrogens is 540 g/mol. The molecule has 0 aliphatic heterocycles. The molecule has 0 radical (unpaired) electrons. The fourth-order valence-corrected chi connectivity index (χ4v) is 6.78. The number of carbonyl (C=O) groups is 1. The van der Waals surface area contributed by atoms with E-state index < -0.39 is 5.97 Å². The summed E-state index contributed by atoms with van der Waals surface area (Å²) >= 11 is 1.71. The van der Waals surface area contributed by atoms with Gasteiger partial charge in [-0.2, -0.15) is 0 Å². The maximum atomic E-state index is 11.4. The van der Waals surface area contributed by atoms with Crippen LogP contribution < -0.4 is 10.1 Å². The maximum absolute atomic E-state index is 11.4. The van der Waals surface area contributed by atoms with Crippen molar-refractivity contribution in [2.45, 2.75) is 57.4 Å². The minimum Gasteiger partial charge on any atom is -0.492 e. The summed E-state index contributed by atoms with van der Waals surface area (Å²) in [6, 6.07) is 31.8. The summed E-state index contributed by atoms with van der Waals surface area (Å²) in [4.78, 5) is 15.7. The minimum atomic E-state index is -0.831. The quantitative estimate of drug-likeness (QED) is 0.138. The number of aryl methyl sites for hydroxylation is 1. The van der Waals surface area contributed by atoms with Crippen molar-refractivity contribution in [3.8, 4) is 16.2 Å². The predicted molar refractivity (Wildman–Crippen MR) is 174 cm³/mol. The first-order chi connectivity index (χ1) is 20.6. The molecule has 0 bridgehead atoms. The van der Waals surface area contributed by atoms with Crippen LogP contribution in [-0.2, 0) is 17.8 Å². The number of nitrogens with one attached hydrogen (secondary N) is 1. The van der Waals surface area contributed by atoms with Crippen molar-refractivity contribution in [3.63, 3.8) is 0 Å². The Morgan fingerprint density at radius 3 is 2.40 bits per heavy atom. The summed E-state index contributed by atoms with van der Waals surface area (Å²) in [6.07, 6.45) is 9.06. The molecule has 0 atom stereocenters. The van der Waals surface area contributed by atoms with E-state index in [0.717, 1.165) is 41.6 Å². The first-order valence-electron chi connectivity index (χ1n) is 15.3. The van der Waals surface area contributed by atoms with Gasteiger partial charge < -0.3 is 15.2 Å². The van der Waals surface area contributed by atoms with Gasteiger partial charge in [-0.3, -0.25) is 9.69 Å². The number of nitrogens with zero attached hydrogens (tertiary/aromatic N) is 1. The SMILES string of the molecule is O=C(O)CN(CCOc1ccccc1)Cc1ccc(-c2ccc(NCCCc3ccc(C4CCCCC4)cc3)cc2)s1. The third kappa shape index (κ3) is 9.20. The standard InChI is InChI=1S/C36H42N2O3S/c39-36(40)27-38(24-25-41-33-11-5-2-6-12-33)26-34-21-22-35(42-34)31-17-19-32(20-18-31)37-23-7-8-28-13-15-30(16-14-28)29-9-3-1-4-10-29/h2,5-6,11-22,29,37H,1,3-4,7-10,23-27H2,(H,39,40). The number of anilines is 1. The lowest BCUT2D eigenvalue weighted by atomic mass is 9.84. The number of hydrogen-bond acceptors (Lipinski definition) is 5. The average Bonchev–Trinajstić information content (AvgIpc) is 3.49. The van der Waals surface area contributed by atoms with E-state index >= 15 is 0 Å². The highest BCUT2D eigenvalue weighted by Gasteiger charge is 2.15. The molecule has 1 fully saturated rings. The third-order valence-electron chi connectivity index (χ3n) is 8.02. The molecule has 5 nitrogen and oxygen atoms in total. The first kappa shape index (κ1) is 29.9. The van der Waals surface area contributed by atoms with Gasteiger partial charge in [-0.05, 0) is 84.7 Å². The largest absolute Gasteiger partial charge is 0.492 e. The second-order valence-electron chi connectivity index (χ2n) is 11.2. The van der Waals surface area contributed by atoms with Crippen molar-refractivity contribution in [1.29, 1.82) is 0 Å². The lowest BCUT2D eigenvalue weighted by molar-refractivity contribution is -0.138. The Bertz CT molecular complexity index is 1360. The molecule has 6 heteroatoms. The number of benzene rings is 3. The third-order valence-corrected chi connectivity index (χ3v) is 9.14. The second kappa shape index (κ2) is 15.6. The minimum absolute atomic E-state index is 0.0163. The molecule has 1 aliphatic rings. The van der Waals surface area contributed by atoms with Crippen LogP contribution in [0.2, 0.25) is 0 Å². The molecule has 0 unspecified atom stereocenters. The molecule has 2 N–H and O–H groups in total. The number of carboxylic acids is 1. The van der Waals surface area contributed by atoms with Crippen LogP contribution in [0, 0.1) is 0 Å². The Balaban J connectivity index is 1.06. The van der Waals surface area contributed by atoms with Gasteiger partial charge in [0.15, 0.2) is 0 Å². The van der Waals surface area contributed by atoms with Gasteiger partial charge in [0, 0.05) is 35.1 Å². The summed E-state index contributed by atoms with van der Waals surface area (Å²) in [5, 5.41) is 13.0. The molecule has 0 spiro atoms.